The molecule has 134 valence electrons. The Morgan fingerprint density at radius 3 is 2.75 bits per heavy atom. The SMILES string of the molecule is CC(=O)NC1CCC(NC[C@H]2CCCN(Cc3cccs3)C2)CC1. The summed E-state index contributed by atoms with van der Waals surface area (Å²) in [6.45, 7) is 6.37. The average molecular weight is 350 g/mol. The van der Waals surface area contributed by atoms with E-state index in [-0.39, 0.29) is 5.91 Å². The van der Waals surface area contributed by atoms with Crippen molar-refractivity contribution < 1.29 is 4.79 Å². The summed E-state index contributed by atoms with van der Waals surface area (Å²) < 4.78 is 0. The van der Waals surface area contributed by atoms with E-state index in [0.29, 0.717) is 12.1 Å². The van der Waals surface area contributed by atoms with Gasteiger partial charge in [-0.2, -0.15) is 0 Å². The first kappa shape index (κ1) is 17.9. The lowest BCUT2D eigenvalue weighted by Gasteiger charge is -2.35. The molecular formula is C19H31N3OS. The smallest absolute Gasteiger partial charge is 0.217 e. The molecule has 1 aliphatic heterocycles. The Kier molecular flexibility index (Phi) is 6.69. The molecule has 0 spiro atoms. The van der Waals surface area contributed by atoms with Gasteiger partial charge in [-0.3, -0.25) is 9.69 Å². The summed E-state index contributed by atoms with van der Waals surface area (Å²) in [4.78, 5) is 15.2. The number of amides is 1. The van der Waals surface area contributed by atoms with Gasteiger partial charge in [0.25, 0.3) is 0 Å². The maximum absolute atomic E-state index is 11.1. The van der Waals surface area contributed by atoms with Gasteiger partial charge in [-0.1, -0.05) is 6.07 Å². The Bertz CT molecular complexity index is 497. The molecule has 2 aliphatic rings. The number of nitrogens with zero attached hydrogens (tertiary/aromatic N) is 1. The Labute approximate surface area is 150 Å². The number of carbonyl (C=O) groups is 1. The molecule has 0 aromatic carbocycles. The Morgan fingerprint density at radius 1 is 1.25 bits per heavy atom. The van der Waals surface area contributed by atoms with Gasteiger partial charge in [0.15, 0.2) is 0 Å². The van der Waals surface area contributed by atoms with Crippen molar-refractivity contribution in [2.45, 2.75) is 64.1 Å². The van der Waals surface area contributed by atoms with Crippen molar-refractivity contribution in [3.05, 3.63) is 22.4 Å². The summed E-state index contributed by atoms with van der Waals surface area (Å²) in [5.41, 5.74) is 0. The summed E-state index contributed by atoms with van der Waals surface area (Å²) in [6, 6.07) is 5.44. The van der Waals surface area contributed by atoms with E-state index >= 15 is 0 Å². The van der Waals surface area contributed by atoms with Gasteiger partial charge in [-0.05, 0) is 69.0 Å². The molecule has 24 heavy (non-hydrogen) atoms. The second-order valence-electron chi connectivity index (χ2n) is 7.48. The van der Waals surface area contributed by atoms with Gasteiger partial charge >= 0.3 is 0 Å². The monoisotopic (exact) mass is 349 g/mol. The van der Waals surface area contributed by atoms with Gasteiger partial charge < -0.3 is 10.6 Å². The van der Waals surface area contributed by atoms with Crippen LogP contribution in [-0.4, -0.2) is 42.5 Å². The first-order chi connectivity index (χ1) is 11.7. The normalized spacial score (nSPS) is 28.6. The molecule has 2 fully saturated rings. The highest BCUT2D eigenvalue weighted by molar-refractivity contribution is 7.09. The Balaban J connectivity index is 1.35. The van der Waals surface area contributed by atoms with Crippen molar-refractivity contribution in [3.8, 4) is 0 Å². The van der Waals surface area contributed by atoms with Crippen LogP contribution >= 0.6 is 11.3 Å². The summed E-state index contributed by atoms with van der Waals surface area (Å²) in [7, 11) is 0. The van der Waals surface area contributed by atoms with Crippen molar-refractivity contribution in [3.63, 3.8) is 0 Å². The fourth-order valence-corrected chi connectivity index (χ4v) is 4.89. The second kappa shape index (κ2) is 8.97. The Hall–Kier alpha value is -0.910. The molecule has 3 rings (SSSR count). The maximum atomic E-state index is 11.1. The van der Waals surface area contributed by atoms with Crippen LogP contribution in [0.2, 0.25) is 0 Å². The van der Waals surface area contributed by atoms with Crippen molar-refractivity contribution in [1.82, 2.24) is 15.5 Å². The van der Waals surface area contributed by atoms with Crippen LogP contribution in [0.1, 0.15) is 50.3 Å². The van der Waals surface area contributed by atoms with Crippen molar-refractivity contribution in [1.29, 1.82) is 0 Å². The van der Waals surface area contributed by atoms with Gasteiger partial charge in [0, 0.05) is 37.0 Å². The standard InChI is InChI=1S/C19H31N3OS/c1-15(23)21-18-8-6-17(7-9-18)20-12-16-4-2-10-22(13-16)14-19-5-3-11-24-19/h3,5,11,16-18,20H,2,4,6-10,12-14H2,1H3,(H,21,23)/t16-,17?,18?/m1/s1. The van der Waals surface area contributed by atoms with Gasteiger partial charge in [-0.25, -0.2) is 0 Å². The van der Waals surface area contributed by atoms with Gasteiger partial charge in [-0.15, -0.1) is 11.3 Å². The number of thiophene rings is 1. The number of nitrogens with one attached hydrogen (secondary N) is 2. The predicted octanol–water partition coefficient (Wildman–Crippen LogP) is 3.00. The van der Waals surface area contributed by atoms with E-state index in [1.54, 1.807) is 6.92 Å². The molecule has 1 aromatic rings. The average Bonchev–Trinajstić information content (AvgIpc) is 3.07. The maximum Gasteiger partial charge on any atom is 0.217 e. The van der Waals surface area contributed by atoms with Gasteiger partial charge in [0.2, 0.25) is 5.91 Å². The summed E-state index contributed by atoms with van der Waals surface area (Å²) >= 11 is 1.87. The number of piperidine rings is 1. The van der Waals surface area contributed by atoms with Crippen molar-refractivity contribution in [2.24, 2.45) is 5.92 Å². The molecule has 1 aromatic heterocycles. The van der Waals surface area contributed by atoms with Crippen LogP contribution in [0.3, 0.4) is 0 Å². The zero-order valence-corrected chi connectivity index (χ0v) is 15.6. The fraction of sp³-hybridized carbons (Fsp3) is 0.737. The molecule has 5 heteroatoms. The highest BCUT2D eigenvalue weighted by Crippen LogP contribution is 2.22. The summed E-state index contributed by atoms with van der Waals surface area (Å²) in [5, 5.41) is 9.05. The van der Waals surface area contributed by atoms with Crippen LogP contribution in [0.25, 0.3) is 0 Å². The van der Waals surface area contributed by atoms with E-state index in [9.17, 15) is 4.79 Å². The first-order valence-electron chi connectivity index (χ1n) is 9.44. The molecule has 0 bridgehead atoms. The van der Waals surface area contributed by atoms with Crippen LogP contribution in [0, 0.1) is 5.92 Å². The molecule has 0 radical (unpaired) electrons. The van der Waals surface area contributed by atoms with E-state index in [2.05, 4.69) is 33.0 Å². The lowest BCUT2D eigenvalue weighted by atomic mass is 9.90. The largest absolute Gasteiger partial charge is 0.354 e. The van der Waals surface area contributed by atoms with Crippen molar-refractivity contribution >= 4 is 17.2 Å². The zero-order valence-electron chi connectivity index (χ0n) is 14.8. The minimum atomic E-state index is 0.111. The lowest BCUT2D eigenvalue weighted by molar-refractivity contribution is -0.119. The number of carbonyl (C=O) groups excluding carboxylic acids is 1. The number of hydrogen-bond donors (Lipinski definition) is 2. The minimum Gasteiger partial charge on any atom is -0.354 e. The first-order valence-corrected chi connectivity index (χ1v) is 10.3. The van der Waals surface area contributed by atoms with Crippen molar-refractivity contribution in [2.75, 3.05) is 19.6 Å². The molecule has 1 amide bonds. The lowest BCUT2D eigenvalue weighted by Crippen LogP contribution is -2.45. The summed E-state index contributed by atoms with van der Waals surface area (Å²) in [5.74, 6) is 0.895. The third-order valence-corrected chi connectivity index (χ3v) is 6.25. The number of hydrogen-bond acceptors (Lipinski definition) is 4. The molecule has 0 unspecified atom stereocenters. The predicted molar refractivity (Wildman–Crippen MR) is 100 cm³/mol. The van der Waals surface area contributed by atoms with Crippen LogP contribution < -0.4 is 10.6 Å². The zero-order chi connectivity index (χ0) is 16.8. The molecular weight excluding hydrogens is 318 g/mol. The summed E-state index contributed by atoms with van der Waals surface area (Å²) in [6.07, 6.45) is 7.30. The van der Waals surface area contributed by atoms with E-state index in [1.807, 2.05) is 11.3 Å². The minimum absolute atomic E-state index is 0.111. The highest BCUT2D eigenvalue weighted by atomic mass is 32.1. The van der Waals surface area contributed by atoms with E-state index < -0.39 is 0 Å². The molecule has 4 nitrogen and oxygen atoms in total. The fourth-order valence-electron chi connectivity index (χ4n) is 4.15. The van der Waals surface area contributed by atoms with E-state index in [0.717, 1.165) is 31.8 Å². The molecule has 2 heterocycles. The third kappa shape index (κ3) is 5.57. The molecule has 1 saturated carbocycles. The van der Waals surface area contributed by atoms with Crippen LogP contribution in [-0.2, 0) is 11.3 Å². The number of likely N-dealkylation sites (tertiary alicyclic amines) is 1. The molecule has 1 saturated heterocycles. The Morgan fingerprint density at radius 2 is 2.04 bits per heavy atom. The second-order valence-corrected chi connectivity index (χ2v) is 8.51. The molecule has 1 aliphatic carbocycles. The third-order valence-electron chi connectivity index (χ3n) is 5.39. The van der Waals surface area contributed by atoms with Crippen LogP contribution in [0.4, 0.5) is 0 Å². The van der Waals surface area contributed by atoms with Crippen LogP contribution in [0.5, 0.6) is 0 Å². The number of rotatable bonds is 6. The molecule has 1 atom stereocenters. The highest BCUT2D eigenvalue weighted by Gasteiger charge is 2.24. The van der Waals surface area contributed by atoms with Gasteiger partial charge in [0.05, 0.1) is 0 Å². The molecule has 2 N–H and O–H groups in total. The van der Waals surface area contributed by atoms with Crippen LogP contribution in [0.15, 0.2) is 17.5 Å². The van der Waals surface area contributed by atoms with E-state index in [1.165, 1.54) is 43.6 Å². The topological polar surface area (TPSA) is 44.4 Å². The van der Waals surface area contributed by atoms with E-state index in [4.69, 9.17) is 0 Å². The quantitative estimate of drug-likeness (QED) is 0.830. The van der Waals surface area contributed by atoms with Gasteiger partial charge in [0.1, 0.15) is 0 Å².